The molecule has 1 aromatic carbocycles. The van der Waals surface area contributed by atoms with Gasteiger partial charge in [-0.05, 0) is 7.05 Å². The zero-order valence-electron chi connectivity index (χ0n) is 26.7. The molecule has 0 aliphatic heterocycles. The molecule has 2 amide bonds. The normalized spacial score (nSPS) is 10.9. The Labute approximate surface area is 309 Å². The molecule has 52 heavy (non-hydrogen) atoms. The maximum atomic E-state index is 13.4. The third kappa shape index (κ3) is 13.3. The topological polar surface area (TPSA) is 299 Å². The third-order valence-corrected chi connectivity index (χ3v) is 13.0. The molecule has 4 rings (SSSR count). The van der Waals surface area contributed by atoms with Crippen LogP contribution in [0.1, 0.15) is 27.7 Å². The SMILES string of the molecule is CC(=O)Nc1nnc(S(=O)(=O)Oc2c(F)c(F)c(F)c(F)c2F)s1.CCS(=O)(=O)c1nnc(N)s1.CCS(=O)(=O)c1nnc(NC(C)=O)s1.CN.Cl. The molecule has 0 unspecified atom stereocenters. The Balaban J connectivity index is 0.000000790. The Kier molecular flexibility index (Phi) is 18.9. The quantitative estimate of drug-likeness (QED) is 0.0615. The van der Waals surface area contributed by atoms with Crippen molar-refractivity contribution < 1.29 is 61.0 Å². The molecule has 0 bridgehead atoms. The second-order valence-electron chi connectivity index (χ2n) is 8.26. The number of nitrogens with two attached hydrogens (primary N) is 2. The van der Waals surface area contributed by atoms with Crippen LogP contribution in [0.2, 0.25) is 0 Å². The Morgan fingerprint density at radius 2 is 0.981 bits per heavy atom. The molecule has 0 aliphatic carbocycles. The number of carbonyl (C=O) groups is 2. The first-order chi connectivity index (χ1) is 23.6. The fourth-order valence-corrected chi connectivity index (χ4v) is 8.20. The summed E-state index contributed by atoms with van der Waals surface area (Å²) in [7, 11) is -10.1. The molecule has 0 aliphatic rings. The second kappa shape index (κ2) is 20.4. The number of nitrogens with zero attached hydrogens (tertiary/aromatic N) is 6. The van der Waals surface area contributed by atoms with E-state index < -0.39 is 74.9 Å². The Bertz CT molecular complexity index is 2160. The van der Waals surface area contributed by atoms with Crippen LogP contribution in [-0.2, 0) is 39.4 Å². The van der Waals surface area contributed by atoms with E-state index in [2.05, 4.69) is 51.1 Å². The number of anilines is 3. The number of halogens is 6. The maximum absolute atomic E-state index is 13.4. The first-order valence-electron chi connectivity index (χ1n) is 12.9. The van der Waals surface area contributed by atoms with E-state index in [4.69, 9.17) is 5.73 Å². The minimum Gasteiger partial charge on any atom is -0.374 e. The highest BCUT2D eigenvalue weighted by atomic mass is 35.5. The molecule has 19 nitrogen and oxygen atoms in total. The van der Waals surface area contributed by atoms with E-state index in [0.717, 1.165) is 29.6 Å². The van der Waals surface area contributed by atoms with Gasteiger partial charge in [0, 0.05) is 13.8 Å². The van der Waals surface area contributed by atoms with Crippen molar-refractivity contribution in [2.45, 2.75) is 40.7 Å². The van der Waals surface area contributed by atoms with E-state index in [0.29, 0.717) is 0 Å². The van der Waals surface area contributed by atoms with Crippen molar-refractivity contribution in [3.8, 4) is 5.75 Å². The van der Waals surface area contributed by atoms with Crippen molar-refractivity contribution in [2.24, 2.45) is 5.73 Å². The summed E-state index contributed by atoms with van der Waals surface area (Å²) in [6, 6.07) is 0. The van der Waals surface area contributed by atoms with E-state index in [1.165, 1.54) is 20.9 Å². The lowest BCUT2D eigenvalue weighted by Crippen LogP contribution is -2.14. The molecule has 0 radical (unpaired) electrons. The van der Waals surface area contributed by atoms with Gasteiger partial charge in [-0.2, -0.15) is 17.2 Å². The molecule has 4 aromatic rings. The second-order valence-corrected chi connectivity index (χ2v) is 17.8. The minimum absolute atomic E-state index is 0. The highest BCUT2D eigenvalue weighted by molar-refractivity contribution is 7.93. The molecule has 0 spiro atoms. The lowest BCUT2D eigenvalue weighted by atomic mass is 10.3. The van der Waals surface area contributed by atoms with Gasteiger partial charge in [0.05, 0.1) is 11.5 Å². The minimum atomic E-state index is -5.06. The summed E-state index contributed by atoms with van der Waals surface area (Å²) in [5, 5.41) is 24.7. The number of nitrogen functional groups attached to an aromatic ring is 1. The molecular weight excluding hydrogens is 859 g/mol. The average molecular weight is 885 g/mol. The smallest absolute Gasteiger partial charge is 0.369 e. The highest BCUT2D eigenvalue weighted by Gasteiger charge is 2.32. The summed E-state index contributed by atoms with van der Waals surface area (Å²) in [5.74, 6) is -15.1. The van der Waals surface area contributed by atoms with Crippen LogP contribution in [0.3, 0.4) is 0 Å². The molecule has 0 saturated carbocycles. The van der Waals surface area contributed by atoms with Crippen molar-refractivity contribution in [2.75, 3.05) is 34.9 Å². The highest BCUT2D eigenvalue weighted by Crippen LogP contribution is 2.32. The van der Waals surface area contributed by atoms with Crippen LogP contribution < -0.4 is 26.3 Å². The molecule has 3 aromatic heterocycles. The standard InChI is InChI=1S/C10H4F5N3O4S2.C6H9N3O3S2.C4H7N3O2S2.CH5N.ClH/c1-2(19)16-9-17-18-10(23-9)24(20,21)22-8-6(14)4(12)3(11)5(13)7(8)15;1-3-14(11,12)6-9-8-5(13-6)7-4(2)10;1-2-11(8,9)4-7-6-3(5)10-4;1-2;/h1H3,(H,16,17,19);3H2,1-2H3,(H,7,8,10);2H2,1H3,(H2,5,6);2H2,1H3;1H. The predicted molar refractivity (Wildman–Crippen MR) is 180 cm³/mol. The Morgan fingerprint density at radius 3 is 1.35 bits per heavy atom. The molecule has 0 atom stereocenters. The van der Waals surface area contributed by atoms with Crippen LogP contribution in [0.15, 0.2) is 13.0 Å². The molecule has 31 heteroatoms. The number of aromatic nitrogens is 6. The summed E-state index contributed by atoms with van der Waals surface area (Å²) in [5.41, 5.74) is 9.71. The van der Waals surface area contributed by atoms with E-state index in [9.17, 15) is 56.8 Å². The molecule has 3 heterocycles. The van der Waals surface area contributed by atoms with Crippen molar-refractivity contribution in [1.29, 1.82) is 0 Å². The number of amides is 2. The van der Waals surface area contributed by atoms with Gasteiger partial charge >= 0.3 is 10.1 Å². The van der Waals surface area contributed by atoms with E-state index >= 15 is 0 Å². The maximum Gasteiger partial charge on any atom is 0.369 e. The van der Waals surface area contributed by atoms with Gasteiger partial charge in [0.2, 0.25) is 90.4 Å². The van der Waals surface area contributed by atoms with Crippen LogP contribution in [0.4, 0.5) is 37.3 Å². The number of nitrogens with one attached hydrogen (secondary N) is 2. The Morgan fingerprint density at radius 1 is 0.635 bits per heavy atom. The van der Waals surface area contributed by atoms with Crippen LogP contribution in [0.25, 0.3) is 0 Å². The van der Waals surface area contributed by atoms with Crippen molar-refractivity contribution >= 4 is 103 Å². The van der Waals surface area contributed by atoms with Crippen LogP contribution >= 0.6 is 46.4 Å². The fourth-order valence-electron chi connectivity index (χ4n) is 2.44. The molecule has 0 saturated heterocycles. The number of hydrogen-bond acceptors (Lipinski definition) is 20. The van der Waals surface area contributed by atoms with Gasteiger partial charge in [0.15, 0.2) is 0 Å². The van der Waals surface area contributed by atoms with E-state index in [1.54, 1.807) is 6.92 Å². The van der Waals surface area contributed by atoms with E-state index in [1.807, 2.05) is 0 Å². The number of sulfone groups is 2. The van der Waals surface area contributed by atoms with Gasteiger partial charge in [-0.3, -0.25) is 9.59 Å². The van der Waals surface area contributed by atoms with Gasteiger partial charge in [0.25, 0.3) is 4.34 Å². The zero-order chi connectivity index (χ0) is 39.5. The molecule has 292 valence electrons. The summed E-state index contributed by atoms with van der Waals surface area (Å²) in [6.45, 7) is 5.47. The number of rotatable bonds is 9. The van der Waals surface area contributed by atoms with Gasteiger partial charge in [-0.1, -0.05) is 47.9 Å². The van der Waals surface area contributed by atoms with Gasteiger partial charge in [0.1, 0.15) is 0 Å². The monoisotopic (exact) mass is 884 g/mol. The van der Waals surface area contributed by atoms with Gasteiger partial charge in [-0.25, -0.2) is 30.0 Å². The van der Waals surface area contributed by atoms with Crippen molar-refractivity contribution in [3.63, 3.8) is 0 Å². The summed E-state index contributed by atoms with van der Waals surface area (Å²) in [6.07, 6.45) is 0. The lowest BCUT2D eigenvalue weighted by molar-refractivity contribution is -0.115. The van der Waals surface area contributed by atoms with Gasteiger partial charge < -0.3 is 26.3 Å². The zero-order valence-corrected chi connectivity index (χ0v) is 32.4. The first-order valence-corrected chi connectivity index (χ1v) is 20.0. The summed E-state index contributed by atoms with van der Waals surface area (Å²) >= 11 is 1.97. The van der Waals surface area contributed by atoms with Crippen molar-refractivity contribution in [1.82, 2.24) is 30.6 Å². The Hall–Kier alpha value is -3.81. The average Bonchev–Trinajstić information content (AvgIpc) is 3.85. The predicted octanol–water partition coefficient (Wildman–Crippen LogP) is 2.16. The number of benzene rings is 1. The number of carbonyl (C=O) groups excluding carboxylic acids is 2. The van der Waals surface area contributed by atoms with Gasteiger partial charge in [-0.15, -0.1) is 43.0 Å². The van der Waals surface area contributed by atoms with Crippen LogP contribution in [0, 0.1) is 29.1 Å². The third-order valence-electron chi connectivity index (χ3n) is 4.67. The molecular formula is C21H26ClF5N10O9S6. The molecule has 0 fully saturated rings. The summed E-state index contributed by atoms with van der Waals surface area (Å²) in [4.78, 5) is 21.4. The molecule has 6 N–H and O–H groups in total. The summed E-state index contributed by atoms with van der Waals surface area (Å²) < 4.78 is 137. The van der Waals surface area contributed by atoms with Crippen molar-refractivity contribution in [3.05, 3.63) is 29.1 Å². The van der Waals surface area contributed by atoms with E-state index in [-0.39, 0.29) is 65.2 Å². The lowest BCUT2D eigenvalue weighted by Gasteiger charge is -2.08. The first kappa shape index (κ1) is 48.2. The van der Waals surface area contributed by atoms with Crippen LogP contribution in [0.5, 0.6) is 5.75 Å². The van der Waals surface area contributed by atoms with Crippen LogP contribution in [-0.4, -0.2) is 86.2 Å². The largest absolute Gasteiger partial charge is 0.374 e. The number of hydrogen-bond donors (Lipinski definition) is 4. The fraction of sp³-hybridized carbons (Fsp3) is 0.333.